The maximum atomic E-state index is 4.54. The van der Waals surface area contributed by atoms with Gasteiger partial charge >= 0.3 is 0 Å². The Hall–Kier alpha value is -0.860. The van der Waals surface area contributed by atoms with Gasteiger partial charge in [0.25, 0.3) is 0 Å². The van der Waals surface area contributed by atoms with Gasteiger partial charge in [-0.15, -0.1) is 5.10 Å². The normalized spacial score (nSPS) is 21.6. The SMILES string of the molecule is CC(C)n1nnc2c1CCCCCC2C(C)(C)C. The number of nitrogens with zero attached hydrogens (tertiary/aromatic N) is 3. The molecule has 3 nitrogen and oxygen atoms in total. The first-order valence-corrected chi connectivity index (χ1v) is 7.35. The average molecular weight is 249 g/mol. The fourth-order valence-electron chi connectivity index (χ4n) is 3.05. The molecular formula is C15H27N3. The third-order valence-corrected chi connectivity index (χ3v) is 4.09. The Morgan fingerprint density at radius 2 is 1.89 bits per heavy atom. The van der Waals surface area contributed by atoms with Crippen molar-refractivity contribution in [1.82, 2.24) is 15.0 Å². The highest BCUT2D eigenvalue weighted by Crippen LogP contribution is 2.41. The predicted molar refractivity (Wildman–Crippen MR) is 74.8 cm³/mol. The van der Waals surface area contributed by atoms with Crippen LogP contribution >= 0.6 is 0 Å². The highest BCUT2D eigenvalue weighted by Gasteiger charge is 2.32. The van der Waals surface area contributed by atoms with E-state index in [9.17, 15) is 0 Å². The van der Waals surface area contributed by atoms with Gasteiger partial charge in [0, 0.05) is 12.0 Å². The quantitative estimate of drug-likeness (QED) is 0.750. The lowest BCUT2D eigenvalue weighted by atomic mass is 9.74. The van der Waals surface area contributed by atoms with Crippen molar-refractivity contribution in [2.75, 3.05) is 0 Å². The van der Waals surface area contributed by atoms with Gasteiger partial charge in [-0.1, -0.05) is 38.8 Å². The summed E-state index contributed by atoms with van der Waals surface area (Å²) in [6, 6.07) is 0.418. The van der Waals surface area contributed by atoms with E-state index in [1.165, 1.54) is 37.1 Å². The van der Waals surface area contributed by atoms with Gasteiger partial charge in [0.1, 0.15) is 0 Å². The van der Waals surface area contributed by atoms with Crippen molar-refractivity contribution in [3.63, 3.8) is 0 Å². The molecule has 1 unspecified atom stereocenters. The van der Waals surface area contributed by atoms with Crippen LogP contribution in [-0.2, 0) is 6.42 Å². The summed E-state index contributed by atoms with van der Waals surface area (Å²) in [5, 5.41) is 8.95. The van der Waals surface area contributed by atoms with Gasteiger partial charge in [-0.05, 0) is 38.5 Å². The Kier molecular flexibility index (Phi) is 3.79. The minimum absolute atomic E-state index is 0.282. The molecule has 18 heavy (non-hydrogen) atoms. The van der Waals surface area contributed by atoms with Crippen molar-refractivity contribution >= 4 is 0 Å². The van der Waals surface area contributed by atoms with Gasteiger partial charge in [0.2, 0.25) is 0 Å². The van der Waals surface area contributed by atoms with Crippen LogP contribution in [0.15, 0.2) is 0 Å². The molecule has 2 rings (SSSR count). The average Bonchev–Trinajstić information content (AvgIpc) is 2.58. The summed E-state index contributed by atoms with van der Waals surface area (Å²) in [6.45, 7) is 11.4. The van der Waals surface area contributed by atoms with Gasteiger partial charge in [-0.2, -0.15) is 0 Å². The molecule has 1 heterocycles. The maximum Gasteiger partial charge on any atom is 0.0895 e. The first-order chi connectivity index (χ1) is 8.41. The van der Waals surface area contributed by atoms with Crippen molar-refractivity contribution in [1.29, 1.82) is 0 Å². The molecule has 1 aliphatic rings. The summed E-state index contributed by atoms with van der Waals surface area (Å²) in [7, 11) is 0. The second kappa shape index (κ2) is 5.02. The van der Waals surface area contributed by atoms with Crippen LogP contribution in [0.1, 0.15) is 83.6 Å². The standard InChI is InChI=1S/C15H27N3/c1-11(2)18-13-10-8-6-7-9-12(15(3,4)5)14(13)16-17-18/h11-12H,6-10H2,1-5H3. The Bertz CT molecular complexity index is 398. The van der Waals surface area contributed by atoms with Crippen LogP contribution in [0.3, 0.4) is 0 Å². The van der Waals surface area contributed by atoms with Gasteiger partial charge < -0.3 is 0 Å². The van der Waals surface area contributed by atoms with E-state index in [2.05, 4.69) is 49.6 Å². The van der Waals surface area contributed by atoms with E-state index in [0.29, 0.717) is 12.0 Å². The number of hydrogen-bond acceptors (Lipinski definition) is 2. The van der Waals surface area contributed by atoms with Crippen molar-refractivity contribution < 1.29 is 0 Å². The predicted octanol–water partition coefficient (Wildman–Crippen LogP) is 4.11. The Morgan fingerprint density at radius 1 is 1.17 bits per heavy atom. The van der Waals surface area contributed by atoms with Crippen LogP contribution in [-0.4, -0.2) is 15.0 Å². The van der Waals surface area contributed by atoms with Gasteiger partial charge in [0.05, 0.1) is 11.4 Å². The summed E-state index contributed by atoms with van der Waals surface area (Å²) in [5.74, 6) is 0.556. The van der Waals surface area contributed by atoms with Crippen LogP contribution in [0.2, 0.25) is 0 Å². The molecule has 0 radical (unpaired) electrons. The molecule has 1 atom stereocenters. The molecule has 0 amide bonds. The zero-order chi connectivity index (χ0) is 13.3. The first-order valence-electron chi connectivity index (χ1n) is 7.35. The molecule has 102 valence electrons. The first kappa shape index (κ1) is 13.6. The topological polar surface area (TPSA) is 30.7 Å². The van der Waals surface area contributed by atoms with Crippen molar-refractivity contribution in [2.45, 2.75) is 78.7 Å². The van der Waals surface area contributed by atoms with E-state index in [-0.39, 0.29) is 5.41 Å². The largest absolute Gasteiger partial charge is 0.247 e. The summed E-state index contributed by atoms with van der Waals surface area (Å²) in [4.78, 5) is 0. The van der Waals surface area contributed by atoms with E-state index in [0.717, 1.165) is 6.42 Å². The molecule has 0 N–H and O–H groups in total. The van der Waals surface area contributed by atoms with E-state index in [4.69, 9.17) is 0 Å². The van der Waals surface area contributed by atoms with Gasteiger partial charge in [-0.25, -0.2) is 4.68 Å². The van der Waals surface area contributed by atoms with E-state index < -0.39 is 0 Å². The van der Waals surface area contributed by atoms with E-state index in [1.807, 2.05) is 0 Å². The molecule has 1 aliphatic carbocycles. The van der Waals surface area contributed by atoms with Crippen molar-refractivity contribution in [2.24, 2.45) is 5.41 Å². The second-order valence-electron chi connectivity index (χ2n) is 6.98. The Morgan fingerprint density at radius 3 is 2.50 bits per heavy atom. The number of rotatable bonds is 1. The third-order valence-electron chi connectivity index (χ3n) is 4.09. The Labute approximate surface area is 111 Å². The smallest absolute Gasteiger partial charge is 0.0895 e. The van der Waals surface area contributed by atoms with Crippen LogP contribution in [0.5, 0.6) is 0 Å². The van der Waals surface area contributed by atoms with Crippen LogP contribution in [0, 0.1) is 5.41 Å². The minimum atomic E-state index is 0.282. The second-order valence-corrected chi connectivity index (χ2v) is 6.98. The lowest BCUT2D eigenvalue weighted by Crippen LogP contribution is -2.22. The van der Waals surface area contributed by atoms with Gasteiger partial charge in [-0.3, -0.25) is 0 Å². The highest BCUT2D eigenvalue weighted by atomic mass is 15.4. The van der Waals surface area contributed by atoms with Crippen molar-refractivity contribution in [3.8, 4) is 0 Å². The zero-order valence-corrected chi connectivity index (χ0v) is 12.5. The molecule has 0 fully saturated rings. The van der Waals surface area contributed by atoms with Crippen LogP contribution in [0.25, 0.3) is 0 Å². The Balaban J connectivity index is 2.44. The molecule has 1 aromatic rings. The summed E-state index contributed by atoms with van der Waals surface area (Å²) >= 11 is 0. The molecule has 1 aromatic heterocycles. The molecule has 3 heteroatoms. The molecule has 0 spiro atoms. The van der Waals surface area contributed by atoms with Crippen LogP contribution < -0.4 is 0 Å². The third kappa shape index (κ3) is 2.60. The fourth-order valence-corrected chi connectivity index (χ4v) is 3.05. The molecular weight excluding hydrogens is 222 g/mol. The molecule has 0 saturated carbocycles. The summed E-state index contributed by atoms with van der Waals surface area (Å²) in [6.07, 6.45) is 6.36. The molecule has 0 aliphatic heterocycles. The number of hydrogen-bond donors (Lipinski definition) is 0. The van der Waals surface area contributed by atoms with E-state index in [1.54, 1.807) is 0 Å². The summed E-state index contributed by atoms with van der Waals surface area (Å²) < 4.78 is 2.14. The summed E-state index contributed by atoms with van der Waals surface area (Å²) in [5.41, 5.74) is 2.95. The molecule has 0 bridgehead atoms. The maximum absolute atomic E-state index is 4.54. The lowest BCUT2D eigenvalue weighted by molar-refractivity contribution is 0.286. The van der Waals surface area contributed by atoms with E-state index >= 15 is 0 Å². The fraction of sp³-hybridized carbons (Fsp3) is 0.867. The number of fused-ring (bicyclic) bond motifs is 1. The van der Waals surface area contributed by atoms with Crippen molar-refractivity contribution in [3.05, 3.63) is 11.4 Å². The molecule has 0 aromatic carbocycles. The highest BCUT2D eigenvalue weighted by molar-refractivity contribution is 5.19. The number of aromatic nitrogens is 3. The molecule has 0 saturated heterocycles. The monoisotopic (exact) mass is 249 g/mol. The zero-order valence-electron chi connectivity index (χ0n) is 12.5. The van der Waals surface area contributed by atoms with Gasteiger partial charge in [0.15, 0.2) is 0 Å². The van der Waals surface area contributed by atoms with Crippen LogP contribution in [0.4, 0.5) is 0 Å². The lowest BCUT2D eigenvalue weighted by Gasteiger charge is -2.31. The minimum Gasteiger partial charge on any atom is -0.247 e.